The van der Waals surface area contributed by atoms with Crippen LogP contribution >= 0.6 is 0 Å². The monoisotopic (exact) mass is 340 g/mol. The molecule has 2 heterocycles. The molecule has 0 saturated carbocycles. The fraction of sp³-hybridized carbons (Fsp3) is 0.350. The van der Waals surface area contributed by atoms with Gasteiger partial charge in [-0.15, -0.1) is 0 Å². The molecule has 2 N–H and O–H groups in total. The van der Waals surface area contributed by atoms with Crippen molar-refractivity contribution in [3.05, 3.63) is 65.0 Å². The molecule has 2 aliphatic heterocycles. The topological polar surface area (TPSA) is 55.6 Å². The third kappa shape index (κ3) is 2.78. The van der Waals surface area contributed by atoms with Gasteiger partial charge in [0.25, 0.3) is 5.91 Å². The summed E-state index contributed by atoms with van der Waals surface area (Å²) in [5.41, 5.74) is 8.46. The van der Waals surface area contributed by atoms with Gasteiger partial charge in [-0.25, -0.2) is 4.39 Å². The minimum absolute atomic E-state index is 0.0424. The lowest BCUT2D eigenvalue weighted by Crippen LogP contribution is -2.46. The molecule has 2 aromatic carbocycles. The third-order valence-corrected chi connectivity index (χ3v) is 5.43. The van der Waals surface area contributed by atoms with Gasteiger partial charge in [-0.3, -0.25) is 4.79 Å². The lowest BCUT2D eigenvalue weighted by atomic mass is 9.74. The van der Waals surface area contributed by atoms with Crippen LogP contribution in [0.4, 0.5) is 4.39 Å². The molecule has 4 nitrogen and oxygen atoms in total. The maximum atomic E-state index is 13.4. The number of likely N-dealkylation sites (tertiary alicyclic amines) is 1. The van der Waals surface area contributed by atoms with E-state index in [-0.39, 0.29) is 17.1 Å². The van der Waals surface area contributed by atoms with Crippen molar-refractivity contribution in [2.75, 3.05) is 19.7 Å². The van der Waals surface area contributed by atoms with E-state index in [4.69, 9.17) is 10.5 Å². The van der Waals surface area contributed by atoms with Crippen LogP contribution in [0.3, 0.4) is 0 Å². The number of hydrogen-bond donors (Lipinski definition) is 1. The summed E-state index contributed by atoms with van der Waals surface area (Å²) in [5.74, 6) is 0.443. The molecule has 0 radical (unpaired) electrons. The Morgan fingerprint density at radius 3 is 2.72 bits per heavy atom. The second kappa shape index (κ2) is 6.15. The first-order valence-corrected chi connectivity index (χ1v) is 8.62. The van der Waals surface area contributed by atoms with Gasteiger partial charge in [0.2, 0.25) is 0 Å². The fourth-order valence-corrected chi connectivity index (χ4v) is 3.89. The molecule has 2 aromatic rings. The minimum atomic E-state index is -0.383. The van der Waals surface area contributed by atoms with Crippen LogP contribution in [0, 0.1) is 5.82 Å². The molecular weight excluding hydrogens is 319 g/mol. The standard InChI is InChI=1S/C20H21FN2O2/c21-16-3-1-2-15(11-16)19(24)23-8-6-20(7-9-23)13-25-18-5-4-14(12-22)10-17(18)20/h1-5,10-11H,6-9,12-13,22H2. The molecular formula is C20H21FN2O2. The van der Waals surface area contributed by atoms with E-state index in [1.165, 1.54) is 17.7 Å². The number of ether oxygens (including phenoxy) is 1. The number of hydrogen-bond acceptors (Lipinski definition) is 3. The molecule has 2 aliphatic rings. The molecule has 1 fully saturated rings. The molecule has 0 unspecified atom stereocenters. The smallest absolute Gasteiger partial charge is 0.253 e. The van der Waals surface area contributed by atoms with E-state index in [1.54, 1.807) is 12.1 Å². The summed E-state index contributed by atoms with van der Waals surface area (Å²) in [4.78, 5) is 14.4. The molecule has 4 rings (SSSR count). The van der Waals surface area contributed by atoms with Gasteiger partial charge in [-0.2, -0.15) is 0 Å². The summed E-state index contributed by atoms with van der Waals surface area (Å²) in [6.07, 6.45) is 1.68. The average molecular weight is 340 g/mol. The quantitative estimate of drug-likeness (QED) is 0.915. The van der Waals surface area contributed by atoms with E-state index in [1.807, 2.05) is 17.0 Å². The summed E-state index contributed by atoms with van der Waals surface area (Å²) < 4.78 is 19.3. The third-order valence-electron chi connectivity index (χ3n) is 5.43. The Hall–Kier alpha value is -2.40. The van der Waals surface area contributed by atoms with Crippen LogP contribution in [-0.4, -0.2) is 30.5 Å². The lowest BCUT2D eigenvalue weighted by molar-refractivity contribution is 0.0646. The van der Waals surface area contributed by atoms with Crippen LogP contribution in [0.15, 0.2) is 42.5 Å². The largest absolute Gasteiger partial charge is 0.492 e. The number of carbonyl (C=O) groups excluding carboxylic acids is 1. The van der Waals surface area contributed by atoms with Crippen molar-refractivity contribution in [1.29, 1.82) is 0 Å². The first-order valence-electron chi connectivity index (χ1n) is 8.62. The predicted octanol–water partition coefficient (Wildman–Crippen LogP) is 2.85. The van der Waals surface area contributed by atoms with Gasteiger partial charge in [0.05, 0.1) is 6.61 Å². The van der Waals surface area contributed by atoms with Crippen molar-refractivity contribution in [2.45, 2.75) is 24.8 Å². The van der Waals surface area contributed by atoms with Crippen LogP contribution in [0.5, 0.6) is 5.75 Å². The van der Waals surface area contributed by atoms with Crippen LogP contribution in [0.25, 0.3) is 0 Å². The van der Waals surface area contributed by atoms with Crippen LogP contribution in [0.2, 0.25) is 0 Å². The zero-order valence-electron chi connectivity index (χ0n) is 14.0. The highest BCUT2D eigenvalue weighted by Gasteiger charge is 2.43. The number of nitrogens with zero attached hydrogens (tertiary/aromatic N) is 1. The molecule has 5 heteroatoms. The minimum Gasteiger partial charge on any atom is -0.492 e. The van der Waals surface area contributed by atoms with E-state index in [0.717, 1.165) is 24.2 Å². The Kier molecular flexibility index (Phi) is 3.96. The van der Waals surface area contributed by atoms with Gasteiger partial charge in [0.1, 0.15) is 11.6 Å². The molecule has 1 spiro atoms. The number of amides is 1. The number of carbonyl (C=O) groups is 1. The molecule has 0 bridgehead atoms. The summed E-state index contributed by atoms with van der Waals surface area (Å²) >= 11 is 0. The Labute approximate surface area is 146 Å². The predicted molar refractivity (Wildman–Crippen MR) is 93.0 cm³/mol. The highest BCUT2D eigenvalue weighted by Crippen LogP contribution is 2.45. The highest BCUT2D eigenvalue weighted by atomic mass is 19.1. The number of nitrogens with two attached hydrogens (primary N) is 1. The summed E-state index contributed by atoms with van der Waals surface area (Å²) in [6, 6.07) is 12.0. The first-order chi connectivity index (χ1) is 12.1. The summed E-state index contributed by atoms with van der Waals surface area (Å²) in [6.45, 7) is 2.45. The van der Waals surface area contributed by atoms with E-state index in [2.05, 4.69) is 6.07 Å². The maximum Gasteiger partial charge on any atom is 0.253 e. The zero-order valence-corrected chi connectivity index (χ0v) is 14.0. The van der Waals surface area contributed by atoms with Gasteiger partial charge in [-0.05, 0) is 42.7 Å². The number of fused-ring (bicyclic) bond motifs is 2. The SMILES string of the molecule is NCc1ccc2c(c1)C1(CCN(C(=O)c3cccc(F)c3)CC1)CO2. The van der Waals surface area contributed by atoms with Crippen molar-refractivity contribution < 1.29 is 13.9 Å². The van der Waals surface area contributed by atoms with Crippen LogP contribution in [0.1, 0.15) is 34.3 Å². The summed E-state index contributed by atoms with van der Waals surface area (Å²) in [7, 11) is 0. The van der Waals surface area contributed by atoms with E-state index in [0.29, 0.717) is 31.8 Å². The van der Waals surface area contributed by atoms with Crippen LogP contribution in [-0.2, 0) is 12.0 Å². The van der Waals surface area contributed by atoms with Crippen molar-refractivity contribution in [2.24, 2.45) is 5.73 Å². The molecule has 25 heavy (non-hydrogen) atoms. The Morgan fingerprint density at radius 1 is 1.20 bits per heavy atom. The summed E-state index contributed by atoms with van der Waals surface area (Å²) in [5, 5.41) is 0. The van der Waals surface area contributed by atoms with Gasteiger partial charge in [-0.1, -0.05) is 18.2 Å². The molecule has 0 aromatic heterocycles. The number of benzene rings is 2. The number of rotatable bonds is 2. The van der Waals surface area contributed by atoms with Crippen molar-refractivity contribution in [1.82, 2.24) is 4.90 Å². The van der Waals surface area contributed by atoms with Crippen LogP contribution < -0.4 is 10.5 Å². The van der Waals surface area contributed by atoms with Gasteiger partial charge >= 0.3 is 0 Å². The van der Waals surface area contributed by atoms with Gasteiger partial charge < -0.3 is 15.4 Å². The Balaban J connectivity index is 1.52. The van der Waals surface area contributed by atoms with E-state index in [9.17, 15) is 9.18 Å². The zero-order chi connectivity index (χ0) is 17.4. The molecule has 1 saturated heterocycles. The van der Waals surface area contributed by atoms with Crippen molar-refractivity contribution in [3.8, 4) is 5.75 Å². The number of halogens is 1. The maximum absolute atomic E-state index is 13.4. The number of piperidine rings is 1. The second-order valence-corrected chi connectivity index (χ2v) is 6.91. The molecule has 0 atom stereocenters. The average Bonchev–Trinajstić information content (AvgIpc) is 2.99. The van der Waals surface area contributed by atoms with Crippen molar-refractivity contribution >= 4 is 5.91 Å². The Morgan fingerprint density at radius 2 is 2.00 bits per heavy atom. The normalized spacial score (nSPS) is 18.1. The van der Waals surface area contributed by atoms with Crippen molar-refractivity contribution in [3.63, 3.8) is 0 Å². The molecule has 1 amide bonds. The highest BCUT2D eigenvalue weighted by molar-refractivity contribution is 5.94. The second-order valence-electron chi connectivity index (χ2n) is 6.91. The lowest BCUT2D eigenvalue weighted by Gasteiger charge is -2.38. The molecule has 130 valence electrons. The van der Waals surface area contributed by atoms with E-state index >= 15 is 0 Å². The fourth-order valence-electron chi connectivity index (χ4n) is 3.89. The molecule has 0 aliphatic carbocycles. The van der Waals surface area contributed by atoms with E-state index < -0.39 is 0 Å². The van der Waals surface area contributed by atoms with Gasteiger partial charge in [0.15, 0.2) is 0 Å². The first kappa shape index (κ1) is 16.1. The van der Waals surface area contributed by atoms with Gasteiger partial charge in [0, 0.05) is 36.2 Å². The Bertz CT molecular complexity index is 813.